The highest BCUT2D eigenvalue weighted by atomic mass is 16.2. The molecular weight excluding hydrogens is 154 g/mol. The minimum Gasteiger partial charge on any atom is -0.343 e. The Bertz CT molecular complexity index is 327. The molecule has 1 N–H and O–H groups in total. The Hall–Kier alpha value is -1.32. The first-order valence-electron chi connectivity index (χ1n) is 3.92. The van der Waals surface area contributed by atoms with Crippen molar-refractivity contribution < 1.29 is 4.79 Å². The standard InChI is InChI=1S/C8H11N3O/c1-8(2)5-11-4-3-9-6(11)7(12)10-8/h3-4H,5H2,1-2H3,(H,10,12). The second-order valence-corrected chi connectivity index (χ2v) is 3.72. The molecule has 0 atom stereocenters. The van der Waals surface area contributed by atoms with Crippen molar-refractivity contribution in [1.82, 2.24) is 14.9 Å². The largest absolute Gasteiger partial charge is 0.343 e. The summed E-state index contributed by atoms with van der Waals surface area (Å²) in [5.41, 5.74) is -0.162. The summed E-state index contributed by atoms with van der Waals surface area (Å²) in [5, 5.41) is 2.88. The SMILES string of the molecule is CC1(C)Cn2ccnc2C(=O)N1. The zero-order chi connectivity index (χ0) is 8.77. The molecule has 1 aliphatic rings. The van der Waals surface area contributed by atoms with Gasteiger partial charge in [-0.3, -0.25) is 4.79 Å². The van der Waals surface area contributed by atoms with Crippen molar-refractivity contribution >= 4 is 5.91 Å². The van der Waals surface area contributed by atoms with Crippen LogP contribution in [-0.2, 0) is 6.54 Å². The molecule has 0 spiro atoms. The van der Waals surface area contributed by atoms with Crippen molar-refractivity contribution in [3.8, 4) is 0 Å². The predicted octanol–water partition coefficient (Wildman–Crippen LogP) is 0.405. The molecule has 0 saturated carbocycles. The molecule has 0 fully saturated rings. The van der Waals surface area contributed by atoms with Gasteiger partial charge in [0, 0.05) is 18.9 Å². The number of carbonyl (C=O) groups excluding carboxylic acids is 1. The van der Waals surface area contributed by atoms with Gasteiger partial charge in [-0.2, -0.15) is 0 Å². The molecule has 1 aliphatic heterocycles. The van der Waals surface area contributed by atoms with Gasteiger partial charge in [0.15, 0.2) is 5.82 Å². The number of hydrogen-bond acceptors (Lipinski definition) is 2. The molecule has 0 saturated heterocycles. The molecular formula is C8H11N3O. The first kappa shape index (κ1) is 7.34. The van der Waals surface area contributed by atoms with Gasteiger partial charge in [0.25, 0.3) is 5.91 Å². The highest BCUT2D eigenvalue weighted by Gasteiger charge is 2.29. The fourth-order valence-electron chi connectivity index (χ4n) is 1.47. The molecule has 4 heteroatoms. The van der Waals surface area contributed by atoms with Crippen molar-refractivity contribution in [3.63, 3.8) is 0 Å². The van der Waals surface area contributed by atoms with Crippen molar-refractivity contribution in [1.29, 1.82) is 0 Å². The monoisotopic (exact) mass is 165 g/mol. The molecule has 0 radical (unpaired) electrons. The van der Waals surface area contributed by atoms with E-state index in [1.54, 1.807) is 6.20 Å². The molecule has 0 bridgehead atoms. The molecule has 2 heterocycles. The van der Waals surface area contributed by atoms with Gasteiger partial charge in [-0.25, -0.2) is 4.98 Å². The number of imidazole rings is 1. The number of carbonyl (C=O) groups is 1. The third-order valence-corrected chi connectivity index (χ3v) is 1.94. The Balaban J connectivity index is 2.45. The number of rotatable bonds is 0. The van der Waals surface area contributed by atoms with E-state index < -0.39 is 0 Å². The van der Waals surface area contributed by atoms with Crippen LogP contribution in [-0.4, -0.2) is 21.0 Å². The summed E-state index contributed by atoms with van der Waals surface area (Å²) < 4.78 is 1.87. The fraction of sp³-hybridized carbons (Fsp3) is 0.500. The van der Waals surface area contributed by atoms with Gasteiger partial charge >= 0.3 is 0 Å². The van der Waals surface area contributed by atoms with Crippen LogP contribution in [0, 0.1) is 0 Å². The van der Waals surface area contributed by atoms with Crippen LogP contribution in [0.25, 0.3) is 0 Å². The Morgan fingerprint density at radius 2 is 2.42 bits per heavy atom. The van der Waals surface area contributed by atoms with Crippen LogP contribution in [0.15, 0.2) is 12.4 Å². The Morgan fingerprint density at radius 1 is 1.67 bits per heavy atom. The maximum atomic E-state index is 11.4. The zero-order valence-electron chi connectivity index (χ0n) is 7.16. The quantitative estimate of drug-likeness (QED) is 0.605. The lowest BCUT2D eigenvalue weighted by Gasteiger charge is -2.31. The Kier molecular flexibility index (Phi) is 1.28. The van der Waals surface area contributed by atoms with Gasteiger partial charge in [0.2, 0.25) is 0 Å². The number of hydrogen-bond donors (Lipinski definition) is 1. The number of aromatic nitrogens is 2. The normalized spacial score (nSPS) is 20.0. The number of nitrogens with zero attached hydrogens (tertiary/aromatic N) is 2. The maximum absolute atomic E-state index is 11.4. The molecule has 0 aromatic carbocycles. The summed E-state index contributed by atoms with van der Waals surface area (Å²) in [6.45, 7) is 4.77. The van der Waals surface area contributed by atoms with E-state index in [9.17, 15) is 4.79 Å². The molecule has 0 aliphatic carbocycles. The van der Waals surface area contributed by atoms with E-state index in [0.29, 0.717) is 5.82 Å². The van der Waals surface area contributed by atoms with E-state index in [2.05, 4.69) is 10.3 Å². The summed E-state index contributed by atoms with van der Waals surface area (Å²) in [4.78, 5) is 15.3. The first-order valence-corrected chi connectivity index (χ1v) is 3.92. The van der Waals surface area contributed by atoms with Crippen LogP contribution in [0.2, 0.25) is 0 Å². The average molecular weight is 165 g/mol. The lowest BCUT2D eigenvalue weighted by atomic mass is 10.0. The third kappa shape index (κ3) is 0.995. The molecule has 0 unspecified atom stereocenters. The molecule has 1 aromatic heterocycles. The Labute approximate surface area is 70.6 Å². The first-order chi connectivity index (χ1) is 5.58. The minimum absolute atomic E-state index is 0.0868. The van der Waals surface area contributed by atoms with E-state index >= 15 is 0 Å². The van der Waals surface area contributed by atoms with Gasteiger partial charge in [0.1, 0.15) is 0 Å². The minimum atomic E-state index is -0.162. The van der Waals surface area contributed by atoms with Crippen LogP contribution in [0.1, 0.15) is 24.5 Å². The van der Waals surface area contributed by atoms with E-state index in [4.69, 9.17) is 0 Å². The van der Waals surface area contributed by atoms with Crippen LogP contribution in [0.5, 0.6) is 0 Å². The van der Waals surface area contributed by atoms with Crippen molar-refractivity contribution in [2.75, 3.05) is 0 Å². The van der Waals surface area contributed by atoms with E-state index in [1.807, 2.05) is 24.6 Å². The summed E-state index contributed by atoms with van der Waals surface area (Å²) in [5.74, 6) is 0.422. The van der Waals surface area contributed by atoms with Gasteiger partial charge in [-0.15, -0.1) is 0 Å². The number of fused-ring (bicyclic) bond motifs is 1. The molecule has 1 aromatic rings. The summed E-state index contributed by atoms with van der Waals surface area (Å²) in [7, 11) is 0. The predicted molar refractivity (Wildman–Crippen MR) is 43.8 cm³/mol. The van der Waals surface area contributed by atoms with Crippen LogP contribution < -0.4 is 5.32 Å². The summed E-state index contributed by atoms with van der Waals surface area (Å²) in [6, 6.07) is 0. The summed E-state index contributed by atoms with van der Waals surface area (Å²) in [6.07, 6.45) is 3.48. The van der Waals surface area contributed by atoms with Crippen molar-refractivity contribution in [3.05, 3.63) is 18.2 Å². The van der Waals surface area contributed by atoms with E-state index in [1.165, 1.54) is 0 Å². The van der Waals surface area contributed by atoms with Crippen molar-refractivity contribution in [2.24, 2.45) is 0 Å². The average Bonchev–Trinajstić information content (AvgIpc) is 2.31. The molecule has 1 amide bonds. The van der Waals surface area contributed by atoms with Crippen LogP contribution >= 0.6 is 0 Å². The van der Waals surface area contributed by atoms with Crippen LogP contribution in [0.4, 0.5) is 0 Å². The smallest absolute Gasteiger partial charge is 0.287 e. The van der Waals surface area contributed by atoms with Crippen LogP contribution in [0.3, 0.4) is 0 Å². The number of amides is 1. The Morgan fingerprint density at radius 3 is 3.17 bits per heavy atom. The maximum Gasteiger partial charge on any atom is 0.287 e. The molecule has 2 rings (SSSR count). The topological polar surface area (TPSA) is 46.9 Å². The lowest BCUT2D eigenvalue weighted by molar-refractivity contribution is 0.0855. The molecule has 12 heavy (non-hydrogen) atoms. The zero-order valence-corrected chi connectivity index (χ0v) is 7.16. The highest BCUT2D eigenvalue weighted by Crippen LogP contribution is 2.14. The van der Waals surface area contributed by atoms with Gasteiger partial charge in [-0.05, 0) is 13.8 Å². The van der Waals surface area contributed by atoms with Crippen molar-refractivity contribution in [2.45, 2.75) is 25.9 Å². The fourth-order valence-corrected chi connectivity index (χ4v) is 1.47. The lowest BCUT2D eigenvalue weighted by Crippen LogP contribution is -2.51. The van der Waals surface area contributed by atoms with E-state index in [-0.39, 0.29) is 11.4 Å². The number of nitrogens with one attached hydrogen (secondary N) is 1. The highest BCUT2D eigenvalue weighted by molar-refractivity contribution is 5.92. The van der Waals surface area contributed by atoms with Gasteiger partial charge in [0.05, 0.1) is 5.54 Å². The van der Waals surface area contributed by atoms with Gasteiger partial charge < -0.3 is 9.88 Å². The van der Waals surface area contributed by atoms with E-state index in [0.717, 1.165) is 6.54 Å². The second-order valence-electron chi connectivity index (χ2n) is 3.72. The second kappa shape index (κ2) is 2.09. The molecule has 64 valence electrons. The third-order valence-electron chi connectivity index (χ3n) is 1.94. The molecule has 4 nitrogen and oxygen atoms in total. The summed E-state index contributed by atoms with van der Waals surface area (Å²) >= 11 is 0. The van der Waals surface area contributed by atoms with Gasteiger partial charge in [-0.1, -0.05) is 0 Å².